The number of hydrogen-bond donors (Lipinski definition) is 3. The van der Waals surface area contributed by atoms with Crippen molar-refractivity contribution in [2.45, 2.75) is 44.8 Å². The number of rotatable bonds is 11. The van der Waals surface area contributed by atoms with Gasteiger partial charge in [-0.3, -0.25) is 15.0 Å². The number of carboxylic acids is 2. The molecule has 3 aromatic rings. The van der Waals surface area contributed by atoms with Crippen LogP contribution in [-0.2, 0) is 16.1 Å². The molecule has 212 valence electrons. The summed E-state index contributed by atoms with van der Waals surface area (Å²) >= 11 is 0. The van der Waals surface area contributed by atoms with Crippen molar-refractivity contribution in [2.24, 2.45) is 5.92 Å². The summed E-state index contributed by atoms with van der Waals surface area (Å²) < 4.78 is 5.23. The largest absolute Gasteiger partial charge is 0.478 e. The Balaban J connectivity index is 0.000000482. The zero-order valence-corrected chi connectivity index (χ0v) is 21.8. The van der Waals surface area contributed by atoms with E-state index in [1.807, 2.05) is 0 Å². The number of aliphatic hydroxyl groups excluding tert-OH is 1. The molecule has 1 aliphatic rings. The van der Waals surface area contributed by atoms with E-state index >= 15 is 0 Å². The van der Waals surface area contributed by atoms with E-state index in [2.05, 4.69) is 45.4 Å². The molecule has 1 aliphatic heterocycles. The standard InChI is InChI=1S/C24H28N4O4.C4H4O4/c29-22(23-25-24(32-26-23)20-9-11-21(12-10-20)28(30)31)8-4-7-18-13-15-27(16-14-18)17-19-5-2-1-3-6-19;5-3(6)1-2-4(7)8/h1-3,5-6,9-12,18,22,29H,4,7-8,13-17H2;1-2H,(H,5,6)(H,7,8). The van der Waals surface area contributed by atoms with Gasteiger partial charge in [0.2, 0.25) is 5.82 Å². The Morgan fingerprint density at radius 2 is 1.68 bits per heavy atom. The Bertz CT molecular complexity index is 1250. The molecule has 0 amide bonds. The highest BCUT2D eigenvalue weighted by molar-refractivity contribution is 5.89. The number of hydrogen-bond acceptors (Lipinski definition) is 9. The van der Waals surface area contributed by atoms with Gasteiger partial charge in [-0.05, 0) is 56.0 Å². The molecular weight excluding hydrogens is 520 g/mol. The Labute approximate surface area is 230 Å². The van der Waals surface area contributed by atoms with Crippen LogP contribution in [0.2, 0.25) is 0 Å². The van der Waals surface area contributed by atoms with E-state index in [0.717, 1.165) is 32.5 Å². The first kappa shape index (κ1) is 30.1. The number of piperidine rings is 1. The van der Waals surface area contributed by atoms with Crippen LogP contribution in [0.4, 0.5) is 5.69 Å². The van der Waals surface area contributed by atoms with Crippen molar-refractivity contribution in [1.82, 2.24) is 15.0 Å². The summed E-state index contributed by atoms with van der Waals surface area (Å²) in [6.07, 6.45) is 5.30. The van der Waals surface area contributed by atoms with E-state index in [0.29, 0.717) is 30.1 Å². The number of aliphatic carboxylic acids is 2. The summed E-state index contributed by atoms with van der Waals surface area (Å²) in [6, 6.07) is 16.5. The number of carboxylic acid groups (broad SMARTS) is 2. The van der Waals surface area contributed by atoms with Crippen LogP contribution in [-0.4, -0.2) is 60.3 Å². The predicted molar refractivity (Wildman–Crippen MR) is 144 cm³/mol. The molecule has 2 aromatic carbocycles. The molecule has 12 heteroatoms. The summed E-state index contributed by atoms with van der Waals surface area (Å²) in [5, 5.41) is 40.7. The van der Waals surface area contributed by atoms with Gasteiger partial charge in [0.1, 0.15) is 6.10 Å². The highest BCUT2D eigenvalue weighted by Crippen LogP contribution is 2.27. The van der Waals surface area contributed by atoms with E-state index in [1.165, 1.54) is 30.5 Å². The number of aliphatic hydroxyl groups is 1. The second-order valence-corrected chi connectivity index (χ2v) is 9.42. The van der Waals surface area contributed by atoms with Crippen molar-refractivity contribution in [3.05, 3.63) is 88.3 Å². The summed E-state index contributed by atoms with van der Waals surface area (Å²) in [6.45, 7) is 3.25. The zero-order chi connectivity index (χ0) is 28.9. The lowest BCUT2D eigenvalue weighted by atomic mass is 9.91. The molecular formula is C28H32N4O8. The molecule has 0 spiro atoms. The maximum Gasteiger partial charge on any atom is 0.328 e. The molecule has 4 rings (SSSR count). The maximum atomic E-state index is 10.8. The van der Waals surface area contributed by atoms with Gasteiger partial charge in [-0.2, -0.15) is 4.98 Å². The minimum atomic E-state index is -1.26. The summed E-state index contributed by atoms with van der Waals surface area (Å²) in [4.78, 5) is 36.2. The third kappa shape index (κ3) is 10.0. The van der Waals surface area contributed by atoms with Crippen molar-refractivity contribution >= 4 is 17.6 Å². The van der Waals surface area contributed by atoms with Gasteiger partial charge in [-0.1, -0.05) is 48.3 Å². The first-order valence-corrected chi connectivity index (χ1v) is 12.9. The van der Waals surface area contributed by atoms with Crippen LogP contribution in [0, 0.1) is 16.0 Å². The summed E-state index contributed by atoms with van der Waals surface area (Å²) in [7, 11) is 0. The van der Waals surface area contributed by atoms with Gasteiger partial charge in [-0.25, -0.2) is 9.59 Å². The number of benzene rings is 2. The van der Waals surface area contributed by atoms with Crippen LogP contribution in [0.1, 0.15) is 49.6 Å². The average Bonchev–Trinajstić information content (AvgIpc) is 3.44. The van der Waals surface area contributed by atoms with Gasteiger partial charge < -0.3 is 19.8 Å². The third-order valence-corrected chi connectivity index (χ3v) is 6.48. The number of nitro groups is 1. The number of carbonyl (C=O) groups is 2. The van der Waals surface area contributed by atoms with Gasteiger partial charge in [0, 0.05) is 36.4 Å². The van der Waals surface area contributed by atoms with E-state index in [1.54, 1.807) is 12.1 Å². The monoisotopic (exact) mass is 552 g/mol. The normalized spacial score (nSPS) is 14.8. The number of aromatic nitrogens is 2. The highest BCUT2D eigenvalue weighted by atomic mass is 16.6. The van der Waals surface area contributed by atoms with Crippen LogP contribution in [0.3, 0.4) is 0 Å². The van der Waals surface area contributed by atoms with Crippen molar-refractivity contribution in [3.8, 4) is 11.5 Å². The van der Waals surface area contributed by atoms with Crippen molar-refractivity contribution < 1.29 is 34.4 Å². The molecule has 0 aliphatic carbocycles. The molecule has 40 heavy (non-hydrogen) atoms. The van der Waals surface area contributed by atoms with E-state index in [9.17, 15) is 24.8 Å². The molecule has 0 radical (unpaired) electrons. The van der Waals surface area contributed by atoms with Crippen LogP contribution in [0.25, 0.3) is 11.5 Å². The maximum absolute atomic E-state index is 10.8. The van der Waals surface area contributed by atoms with Gasteiger partial charge in [0.15, 0.2) is 0 Å². The molecule has 0 saturated carbocycles. The molecule has 1 aromatic heterocycles. The number of non-ortho nitro benzene ring substituents is 1. The molecule has 1 saturated heterocycles. The predicted octanol–water partition coefficient (Wildman–Crippen LogP) is 4.47. The molecule has 1 fully saturated rings. The molecule has 0 bridgehead atoms. The van der Waals surface area contributed by atoms with Gasteiger partial charge >= 0.3 is 11.9 Å². The second-order valence-electron chi connectivity index (χ2n) is 9.42. The molecule has 3 N–H and O–H groups in total. The second kappa shape index (κ2) is 15.2. The molecule has 12 nitrogen and oxygen atoms in total. The van der Waals surface area contributed by atoms with Crippen molar-refractivity contribution in [2.75, 3.05) is 13.1 Å². The minimum Gasteiger partial charge on any atom is -0.478 e. The summed E-state index contributed by atoms with van der Waals surface area (Å²) in [5.74, 6) is -1.31. The fraction of sp³-hybridized carbons (Fsp3) is 0.357. The number of nitrogens with zero attached hydrogens (tertiary/aromatic N) is 4. The quantitative estimate of drug-likeness (QED) is 0.173. The number of likely N-dealkylation sites (tertiary alicyclic amines) is 1. The fourth-order valence-corrected chi connectivity index (χ4v) is 4.36. The highest BCUT2D eigenvalue weighted by Gasteiger charge is 2.21. The topological polar surface area (TPSA) is 180 Å². The average molecular weight is 553 g/mol. The Hall–Kier alpha value is -4.42. The van der Waals surface area contributed by atoms with Crippen molar-refractivity contribution in [1.29, 1.82) is 0 Å². The minimum absolute atomic E-state index is 0.000535. The summed E-state index contributed by atoms with van der Waals surface area (Å²) in [5.41, 5.74) is 1.95. The lowest BCUT2D eigenvalue weighted by molar-refractivity contribution is -0.384. The van der Waals surface area contributed by atoms with E-state index in [-0.39, 0.29) is 17.4 Å². The lowest BCUT2D eigenvalue weighted by Crippen LogP contribution is -2.33. The molecule has 2 heterocycles. The van der Waals surface area contributed by atoms with Gasteiger partial charge in [-0.15, -0.1) is 0 Å². The van der Waals surface area contributed by atoms with E-state index in [4.69, 9.17) is 14.7 Å². The first-order valence-electron chi connectivity index (χ1n) is 12.9. The third-order valence-electron chi connectivity index (χ3n) is 6.48. The first-order chi connectivity index (χ1) is 19.2. The SMILES string of the molecule is O=C(O)C=CC(=O)O.O=[N+]([O-])c1ccc(-c2nc(C(O)CCCC3CCN(Cc4ccccc4)CC3)no2)cc1. The van der Waals surface area contributed by atoms with Crippen LogP contribution >= 0.6 is 0 Å². The Morgan fingerprint density at radius 1 is 1.05 bits per heavy atom. The van der Waals surface area contributed by atoms with Gasteiger partial charge in [0.05, 0.1) is 4.92 Å². The van der Waals surface area contributed by atoms with Crippen LogP contribution < -0.4 is 0 Å². The molecule has 1 atom stereocenters. The fourth-order valence-electron chi connectivity index (χ4n) is 4.36. The smallest absolute Gasteiger partial charge is 0.328 e. The lowest BCUT2D eigenvalue weighted by Gasteiger charge is -2.32. The van der Waals surface area contributed by atoms with E-state index < -0.39 is 23.0 Å². The Kier molecular flexibility index (Phi) is 11.5. The Morgan fingerprint density at radius 3 is 2.25 bits per heavy atom. The van der Waals surface area contributed by atoms with Crippen molar-refractivity contribution in [3.63, 3.8) is 0 Å². The van der Waals surface area contributed by atoms with Crippen LogP contribution in [0.15, 0.2) is 71.3 Å². The van der Waals surface area contributed by atoms with Gasteiger partial charge in [0.25, 0.3) is 11.6 Å². The molecule has 1 unspecified atom stereocenters. The zero-order valence-electron chi connectivity index (χ0n) is 21.8. The number of nitro benzene ring substituents is 1. The van der Waals surface area contributed by atoms with Crippen LogP contribution in [0.5, 0.6) is 0 Å².